The Labute approximate surface area is 202 Å². The lowest BCUT2D eigenvalue weighted by Crippen LogP contribution is -2.59. The van der Waals surface area contributed by atoms with Crippen molar-refractivity contribution in [1.82, 2.24) is 10.1 Å². The molecule has 2 fully saturated rings. The van der Waals surface area contributed by atoms with Crippen LogP contribution in [0, 0.1) is 0 Å². The first-order chi connectivity index (χ1) is 15.3. The Kier molecular flexibility index (Phi) is 6.49. The summed E-state index contributed by atoms with van der Waals surface area (Å²) in [5.74, 6) is -2.69. The van der Waals surface area contributed by atoms with Gasteiger partial charge < -0.3 is 20.6 Å². The van der Waals surface area contributed by atoms with Crippen LogP contribution < -0.4 is 0 Å². The number of aromatic carboxylic acids is 2. The predicted octanol–water partition coefficient (Wildman–Crippen LogP) is 5.33. The van der Waals surface area contributed by atoms with Gasteiger partial charge in [-0.1, -0.05) is 0 Å². The topological polar surface area (TPSA) is 122 Å². The molecule has 0 atom stereocenters. The molecule has 0 aliphatic carbocycles. The summed E-state index contributed by atoms with van der Waals surface area (Å²) < 4.78 is 0. The highest BCUT2D eigenvalue weighted by Crippen LogP contribution is 2.51. The SMILES string of the molecule is CC1(C)CC(c2c(C(=O)O)ccc(C(=O)O)c2C2CC(C)(C)N(O)C(C)(C)C2)CC(C)(C)N1O. The molecule has 34 heavy (non-hydrogen) atoms. The Hall–Kier alpha value is -2.00. The molecule has 2 saturated heterocycles. The second-order valence-corrected chi connectivity index (χ2v) is 12.7. The number of carboxylic acids is 2. The molecule has 0 saturated carbocycles. The number of piperidine rings is 2. The second kappa shape index (κ2) is 8.29. The molecule has 0 bridgehead atoms. The Morgan fingerprint density at radius 2 is 0.882 bits per heavy atom. The lowest BCUT2D eigenvalue weighted by atomic mass is 9.65. The minimum Gasteiger partial charge on any atom is -0.478 e. The molecule has 0 radical (unpaired) electrons. The zero-order valence-corrected chi connectivity index (χ0v) is 21.6. The molecule has 1 aromatic carbocycles. The molecule has 2 aliphatic heterocycles. The fourth-order valence-corrected chi connectivity index (χ4v) is 6.84. The molecule has 0 spiro atoms. The van der Waals surface area contributed by atoms with Crippen LogP contribution in [0.4, 0.5) is 0 Å². The summed E-state index contributed by atoms with van der Waals surface area (Å²) in [6.45, 7) is 15.3. The minimum absolute atomic E-state index is 0.116. The van der Waals surface area contributed by atoms with Crippen LogP contribution in [-0.2, 0) is 0 Å². The summed E-state index contributed by atoms with van der Waals surface area (Å²) >= 11 is 0. The lowest BCUT2D eigenvalue weighted by molar-refractivity contribution is -0.246. The molecule has 0 aromatic heterocycles. The van der Waals surface area contributed by atoms with Crippen molar-refractivity contribution in [2.24, 2.45) is 0 Å². The van der Waals surface area contributed by atoms with E-state index >= 15 is 0 Å². The van der Waals surface area contributed by atoms with Crippen LogP contribution in [0.5, 0.6) is 0 Å². The summed E-state index contributed by atoms with van der Waals surface area (Å²) in [6.07, 6.45) is 1.92. The molecule has 8 heteroatoms. The molecule has 0 unspecified atom stereocenters. The van der Waals surface area contributed by atoms with Gasteiger partial charge in [0.25, 0.3) is 0 Å². The predicted molar refractivity (Wildman–Crippen MR) is 128 cm³/mol. The van der Waals surface area contributed by atoms with Crippen molar-refractivity contribution in [2.75, 3.05) is 0 Å². The van der Waals surface area contributed by atoms with Crippen LogP contribution in [0.2, 0.25) is 0 Å². The average Bonchev–Trinajstić information content (AvgIpc) is 2.67. The van der Waals surface area contributed by atoms with Gasteiger partial charge in [-0.2, -0.15) is 10.1 Å². The number of carboxylic acid groups (broad SMARTS) is 2. The number of hydrogen-bond acceptors (Lipinski definition) is 6. The smallest absolute Gasteiger partial charge is 0.335 e. The van der Waals surface area contributed by atoms with Crippen molar-refractivity contribution < 1.29 is 30.2 Å². The summed E-state index contributed by atoms with van der Waals surface area (Å²) in [7, 11) is 0. The molecule has 0 amide bonds. The Morgan fingerprint density at radius 3 is 1.09 bits per heavy atom. The van der Waals surface area contributed by atoms with E-state index in [9.17, 15) is 30.2 Å². The van der Waals surface area contributed by atoms with E-state index in [2.05, 4.69) is 0 Å². The minimum atomic E-state index is -1.09. The molecular weight excluding hydrogens is 436 g/mol. The third-order valence-corrected chi connectivity index (χ3v) is 7.84. The van der Waals surface area contributed by atoms with Gasteiger partial charge in [-0.25, -0.2) is 9.59 Å². The van der Waals surface area contributed by atoms with E-state index in [4.69, 9.17) is 0 Å². The van der Waals surface area contributed by atoms with Gasteiger partial charge in [0, 0.05) is 22.2 Å². The van der Waals surface area contributed by atoms with Crippen LogP contribution in [0.25, 0.3) is 0 Å². The first kappa shape index (κ1) is 26.6. The van der Waals surface area contributed by atoms with E-state index in [1.807, 2.05) is 55.4 Å². The maximum Gasteiger partial charge on any atom is 0.335 e. The first-order valence-corrected chi connectivity index (χ1v) is 11.9. The van der Waals surface area contributed by atoms with Crippen molar-refractivity contribution in [3.05, 3.63) is 34.4 Å². The van der Waals surface area contributed by atoms with E-state index in [1.165, 1.54) is 22.3 Å². The molecule has 2 aliphatic rings. The molecule has 1 aromatic rings. The maximum atomic E-state index is 12.4. The normalized spacial score (nSPS) is 25.2. The van der Waals surface area contributed by atoms with Crippen LogP contribution in [-0.4, -0.2) is 64.8 Å². The number of rotatable bonds is 4. The van der Waals surface area contributed by atoms with Gasteiger partial charge in [0.1, 0.15) is 0 Å². The molecule has 3 rings (SSSR count). The van der Waals surface area contributed by atoms with Gasteiger partial charge in [0.15, 0.2) is 0 Å². The molecule has 8 nitrogen and oxygen atoms in total. The quantitative estimate of drug-likeness (QED) is 0.460. The van der Waals surface area contributed by atoms with Crippen LogP contribution in [0.15, 0.2) is 12.1 Å². The number of hydroxylamine groups is 4. The Balaban J connectivity index is 2.31. The largest absolute Gasteiger partial charge is 0.478 e. The van der Waals surface area contributed by atoms with Crippen molar-refractivity contribution in [2.45, 2.75) is 115 Å². The lowest BCUT2D eigenvalue weighted by Gasteiger charge is -2.54. The van der Waals surface area contributed by atoms with E-state index in [0.29, 0.717) is 36.8 Å². The van der Waals surface area contributed by atoms with E-state index in [0.717, 1.165) is 0 Å². The van der Waals surface area contributed by atoms with Gasteiger partial charge in [-0.3, -0.25) is 0 Å². The zero-order valence-electron chi connectivity index (χ0n) is 21.6. The van der Waals surface area contributed by atoms with Crippen LogP contribution in [0.3, 0.4) is 0 Å². The van der Waals surface area contributed by atoms with Gasteiger partial charge in [-0.15, -0.1) is 0 Å². The first-order valence-electron chi connectivity index (χ1n) is 11.9. The van der Waals surface area contributed by atoms with Crippen LogP contribution in [0.1, 0.15) is 125 Å². The highest BCUT2D eigenvalue weighted by molar-refractivity contribution is 5.95. The van der Waals surface area contributed by atoms with Crippen molar-refractivity contribution in [3.8, 4) is 0 Å². The monoisotopic (exact) mass is 476 g/mol. The highest BCUT2D eigenvalue weighted by Gasteiger charge is 2.50. The summed E-state index contributed by atoms with van der Waals surface area (Å²) in [5, 5.41) is 44.6. The maximum absolute atomic E-state index is 12.4. The van der Waals surface area contributed by atoms with Gasteiger partial charge in [0.05, 0.1) is 11.1 Å². The number of hydrogen-bond donors (Lipinski definition) is 4. The summed E-state index contributed by atoms with van der Waals surface area (Å²) in [5.41, 5.74) is -1.18. The second-order valence-electron chi connectivity index (χ2n) is 12.7. The molecule has 190 valence electrons. The third kappa shape index (κ3) is 4.49. The average molecular weight is 477 g/mol. The molecular formula is C26H40N2O6. The van der Waals surface area contributed by atoms with Crippen molar-refractivity contribution in [1.29, 1.82) is 0 Å². The number of carbonyl (C=O) groups is 2. The fraction of sp³-hybridized carbons (Fsp3) is 0.692. The standard InChI is InChI=1S/C26H40N2O6/c1-23(2)11-15(12-24(3,4)27(23)33)19-17(21(29)30)9-10-18(22(31)32)20(19)16-13-25(5,6)28(34)26(7,8)14-16/h9-10,15-16,33-34H,11-14H2,1-8H3,(H,29,30)(H,31,32). The van der Waals surface area contributed by atoms with Gasteiger partial charge in [0.2, 0.25) is 0 Å². The van der Waals surface area contributed by atoms with E-state index in [1.54, 1.807) is 0 Å². The Morgan fingerprint density at radius 1 is 0.647 bits per heavy atom. The van der Waals surface area contributed by atoms with Gasteiger partial charge in [-0.05, 0) is 116 Å². The Bertz CT molecular complexity index is 882. The van der Waals surface area contributed by atoms with E-state index in [-0.39, 0.29) is 23.0 Å². The molecule has 2 heterocycles. The van der Waals surface area contributed by atoms with Gasteiger partial charge >= 0.3 is 11.9 Å². The summed E-state index contributed by atoms with van der Waals surface area (Å²) in [4.78, 5) is 24.8. The van der Waals surface area contributed by atoms with Crippen LogP contribution >= 0.6 is 0 Å². The van der Waals surface area contributed by atoms with Crippen molar-refractivity contribution >= 4 is 11.9 Å². The molecule has 4 N–H and O–H groups in total. The fourth-order valence-electron chi connectivity index (χ4n) is 6.84. The third-order valence-electron chi connectivity index (χ3n) is 7.84. The van der Waals surface area contributed by atoms with E-state index < -0.39 is 34.1 Å². The number of nitrogens with zero attached hydrogens (tertiary/aromatic N) is 2. The number of benzene rings is 1. The highest BCUT2D eigenvalue weighted by atomic mass is 16.5. The van der Waals surface area contributed by atoms with Crippen molar-refractivity contribution in [3.63, 3.8) is 0 Å². The summed E-state index contributed by atoms with van der Waals surface area (Å²) in [6, 6.07) is 2.82. The zero-order chi connectivity index (χ0) is 26.0.